The maximum absolute atomic E-state index is 13.1. The average molecular weight is 437 g/mol. The number of rotatable bonds is 10. The van der Waals surface area contributed by atoms with E-state index in [-0.39, 0.29) is 30.8 Å². The summed E-state index contributed by atoms with van der Waals surface area (Å²) in [6, 6.07) is 18.7. The lowest BCUT2D eigenvalue weighted by molar-refractivity contribution is -0.167. The number of hydrogen-bond acceptors (Lipinski definition) is 5. The lowest BCUT2D eigenvalue weighted by Crippen LogP contribution is -2.37. The molecule has 2 unspecified atom stereocenters. The van der Waals surface area contributed by atoms with Gasteiger partial charge in [-0.2, -0.15) is 0 Å². The average Bonchev–Trinajstić information content (AvgIpc) is 3.16. The number of ether oxygens (including phenoxy) is 2. The van der Waals surface area contributed by atoms with Gasteiger partial charge in [0.15, 0.2) is 5.92 Å². The van der Waals surface area contributed by atoms with Gasteiger partial charge in [-0.25, -0.2) is 0 Å². The SMILES string of the molecule is CC(C)CCC1C(=O)CCC1C(C(=O)OCc1ccccc1)C(=O)OCc1ccccc1. The molecule has 0 spiro atoms. The van der Waals surface area contributed by atoms with Crippen LogP contribution in [0, 0.1) is 23.7 Å². The fourth-order valence-corrected chi connectivity index (χ4v) is 4.30. The Morgan fingerprint density at radius 1 is 0.875 bits per heavy atom. The maximum atomic E-state index is 13.1. The van der Waals surface area contributed by atoms with E-state index in [1.54, 1.807) is 0 Å². The van der Waals surface area contributed by atoms with Crippen molar-refractivity contribution in [2.45, 2.75) is 52.7 Å². The van der Waals surface area contributed by atoms with Crippen LogP contribution in [0.1, 0.15) is 50.7 Å². The molecule has 32 heavy (non-hydrogen) atoms. The van der Waals surface area contributed by atoms with E-state index in [4.69, 9.17) is 9.47 Å². The smallest absolute Gasteiger partial charge is 0.320 e. The van der Waals surface area contributed by atoms with Crippen molar-refractivity contribution in [1.29, 1.82) is 0 Å². The van der Waals surface area contributed by atoms with E-state index in [0.717, 1.165) is 17.5 Å². The van der Waals surface area contributed by atoms with Gasteiger partial charge in [-0.1, -0.05) is 80.9 Å². The monoisotopic (exact) mass is 436 g/mol. The van der Waals surface area contributed by atoms with Crippen LogP contribution in [0.3, 0.4) is 0 Å². The molecule has 3 rings (SSSR count). The second-order valence-corrected chi connectivity index (χ2v) is 8.91. The van der Waals surface area contributed by atoms with Crippen molar-refractivity contribution in [3.05, 3.63) is 71.8 Å². The summed E-state index contributed by atoms with van der Waals surface area (Å²) < 4.78 is 11.1. The molecule has 1 aliphatic rings. The predicted molar refractivity (Wildman–Crippen MR) is 121 cm³/mol. The highest BCUT2D eigenvalue weighted by Gasteiger charge is 2.47. The van der Waals surface area contributed by atoms with Crippen LogP contribution < -0.4 is 0 Å². The summed E-state index contributed by atoms with van der Waals surface area (Å²) in [6.45, 7) is 4.38. The molecule has 0 bridgehead atoms. The number of carbonyl (C=O) groups excluding carboxylic acids is 3. The predicted octanol–water partition coefficient (Wildman–Crippen LogP) is 5.12. The summed E-state index contributed by atoms with van der Waals surface area (Å²) in [5.41, 5.74) is 1.69. The van der Waals surface area contributed by atoms with Gasteiger partial charge < -0.3 is 9.47 Å². The van der Waals surface area contributed by atoms with Crippen LogP contribution in [-0.4, -0.2) is 17.7 Å². The lowest BCUT2D eigenvalue weighted by Gasteiger charge is -2.25. The summed E-state index contributed by atoms with van der Waals surface area (Å²) in [4.78, 5) is 38.8. The molecule has 1 aliphatic carbocycles. The van der Waals surface area contributed by atoms with Gasteiger partial charge >= 0.3 is 11.9 Å². The van der Waals surface area contributed by atoms with Gasteiger partial charge in [0.2, 0.25) is 0 Å². The maximum Gasteiger partial charge on any atom is 0.320 e. The van der Waals surface area contributed by atoms with Crippen LogP contribution in [0.2, 0.25) is 0 Å². The molecule has 5 nitrogen and oxygen atoms in total. The van der Waals surface area contributed by atoms with Crippen LogP contribution in [0.5, 0.6) is 0 Å². The third-order valence-corrected chi connectivity index (χ3v) is 6.09. The largest absolute Gasteiger partial charge is 0.460 e. The fraction of sp³-hybridized carbons (Fsp3) is 0.444. The molecule has 0 saturated heterocycles. The van der Waals surface area contributed by atoms with Crippen molar-refractivity contribution in [1.82, 2.24) is 0 Å². The normalized spacial score (nSPS) is 18.2. The molecule has 2 aromatic rings. The first-order chi connectivity index (χ1) is 15.5. The first kappa shape index (κ1) is 23.7. The van der Waals surface area contributed by atoms with E-state index in [1.165, 1.54) is 0 Å². The summed E-state index contributed by atoms with van der Waals surface area (Å²) in [5, 5.41) is 0. The Morgan fingerprint density at radius 2 is 1.38 bits per heavy atom. The van der Waals surface area contributed by atoms with E-state index in [2.05, 4.69) is 13.8 Å². The standard InChI is InChI=1S/C27H32O5/c1-19(2)13-14-22-23(15-16-24(22)28)25(26(29)31-17-20-9-5-3-6-10-20)27(30)32-18-21-11-7-4-8-12-21/h3-12,19,22-23,25H,13-18H2,1-2H3. The Hall–Kier alpha value is -2.95. The lowest BCUT2D eigenvalue weighted by atomic mass is 9.80. The fourth-order valence-electron chi connectivity index (χ4n) is 4.30. The molecule has 2 aromatic carbocycles. The van der Waals surface area contributed by atoms with E-state index < -0.39 is 17.9 Å². The Bertz CT molecular complexity index is 835. The Labute approximate surface area is 190 Å². The van der Waals surface area contributed by atoms with E-state index >= 15 is 0 Å². The van der Waals surface area contributed by atoms with Crippen LogP contribution in [-0.2, 0) is 37.1 Å². The molecular weight excluding hydrogens is 404 g/mol. The van der Waals surface area contributed by atoms with Crippen LogP contribution in [0.4, 0.5) is 0 Å². The number of benzene rings is 2. The van der Waals surface area contributed by atoms with E-state index in [0.29, 0.717) is 25.2 Å². The van der Waals surface area contributed by atoms with Gasteiger partial charge in [0.25, 0.3) is 0 Å². The first-order valence-electron chi connectivity index (χ1n) is 11.4. The number of esters is 2. The minimum absolute atomic E-state index is 0.0828. The van der Waals surface area contributed by atoms with Crippen molar-refractivity contribution in [3.8, 4) is 0 Å². The number of Topliss-reactive ketones (excluding diaryl/α,β-unsaturated/α-hetero) is 1. The summed E-state index contributed by atoms with van der Waals surface area (Å²) in [7, 11) is 0. The molecule has 0 aromatic heterocycles. The van der Waals surface area contributed by atoms with Gasteiger partial charge in [-0.3, -0.25) is 14.4 Å². The molecule has 0 N–H and O–H groups in total. The Kier molecular flexibility index (Phi) is 8.60. The molecular formula is C27H32O5. The Balaban J connectivity index is 1.75. The molecule has 0 heterocycles. The quantitative estimate of drug-likeness (QED) is 0.382. The summed E-state index contributed by atoms with van der Waals surface area (Å²) in [6.07, 6.45) is 2.45. The molecule has 0 radical (unpaired) electrons. The van der Waals surface area contributed by atoms with Crippen molar-refractivity contribution in [2.75, 3.05) is 0 Å². The Morgan fingerprint density at radius 3 is 1.84 bits per heavy atom. The van der Waals surface area contributed by atoms with Gasteiger partial charge in [-0.05, 0) is 35.8 Å². The highest BCUT2D eigenvalue weighted by Crippen LogP contribution is 2.39. The van der Waals surface area contributed by atoms with Crippen LogP contribution >= 0.6 is 0 Å². The number of ketones is 1. The molecule has 0 amide bonds. The zero-order chi connectivity index (χ0) is 22.9. The van der Waals surface area contributed by atoms with Gasteiger partial charge in [0.05, 0.1) is 0 Å². The molecule has 5 heteroatoms. The van der Waals surface area contributed by atoms with Crippen LogP contribution in [0.15, 0.2) is 60.7 Å². The van der Waals surface area contributed by atoms with Crippen LogP contribution in [0.25, 0.3) is 0 Å². The molecule has 1 fully saturated rings. The van der Waals surface area contributed by atoms with Gasteiger partial charge in [0.1, 0.15) is 19.0 Å². The van der Waals surface area contributed by atoms with E-state index in [9.17, 15) is 14.4 Å². The topological polar surface area (TPSA) is 69.7 Å². The van der Waals surface area contributed by atoms with Crippen molar-refractivity contribution < 1.29 is 23.9 Å². The highest BCUT2D eigenvalue weighted by molar-refractivity contribution is 5.97. The molecule has 2 atom stereocenters. The second-order valence-electron chi connectivity index (χ2n) is 8.91. The molecule has 0 aliphatic heterocycles. The van der Waals surface area contributed by atoms with Crippen molar-refractivity contribution in [3.63, 3.8) is 0 Å². The third-order valence-electron chi connectivity index (χ3n) is 6.09. The minimum Gasteiger partial charge on any atom is -0.460 e. The van der Waals surface area contributed by atoms with Crippen molar-refractivity contribution in [2.24, 2.45) is 23.7 Å². The summed E-state index contributed by atoms with van der Waals surface area (Å²) in [5.74, 6) is -2.43. The van der Waals surface area contributed by atoms with Gasteiger partial charge in [-0.15, -0.1) is 0 Å². The number of carbonyl (C=O) groups is 3. The van der Waals surface area contributed by atoms with Gasteiger partial charge in [0, 0.05) is 12.3 Å². The summed E-state index contributed by atoms with van der Waals surface area (Å²) >= 11 is 0. The minimum atomic E-state index is -1.09. The second kappa shape index (κ2) is 11.6. The number of hydrogen-bond donors (Lipinski definition) is 0. The van der Waals surface area contributed by atoms with Crippen molar-refractivity contribution >= 4 is 17.7 Å². The third kappa shape index (κ3) is 6.52. The molecule has 170 valence electrons. The zero-order valence-corrected chi connectivity index (χ0v) is 18.9. The zero-order valence-electron chi connectivity index (χ0n) is 18.9. The van der Waals surface area contributed by atoms with E-state index in [1.807, 2.05) is 60.7 Å². The molecule has 1 saturated carbocycles. The first-order valence-corrected chi connectivity index (χ1v) is 11.4. The highest BCUT2D eigenvalue weighted by atomic mass is 16.6.